The summed E-state index contributed by atoms with van der Waals surface area (Å²) in [5.41, 5.74) is 16.0. The highest BCUT2D eigenvalue weighted by Gasteiger charge is 2.37. The molecule has 0 saturated heterocycles. The second-order valence-electron chi connectivity index (χ2n) is 16.6. The van der Waals surface area contributed by atoms with Gasteiger partial charge in [0.15, 0.2) is 0 Å². The van der Waals surface area contributed by atoms with Crippen molar-refractivity contribution in [1.82, 2.24) is 0 Å². The predicted octanol–water partition coefficient (Wildman–Crippen LogP) is 17.0. The quantitative estimate of drug-likeness (QED) is 0.148. The molecule has 0 N–H and O–H groups in total. The van der Waals surface area contributed by atoms with Crippen LogP contribution < -0.4 is 4.90 Å². The van der Waals surface area contributed by atoms with E-state index in [4.69, 9.17) is 0 Å². The van der Waals surface area contributed by atoms with E-state index >= 15 is 0 Å². The van der Waals surface area contributed by atoms with Gasteiger partial charge in [0.2, 0.25) is 0 Å². The van der Waals surface area contributed by atoms with Crippen molar-refractivity contribution >= 4 is 27.8 Å². The summed E-state index contributed by atoms with van der Waals surface area (Å²) >= 11 is 0. The molecule has 0 radical (unpaired) electrons. The number of nitrogens with zero attached hydrogens (tertiary/aromatic N) is 1. The van der Waals surface area contributed by atoms with Gasteiger partial charge in [0, 0.05) is 22.5 Å². The van der Waals surface area contributed by atoms with Crippen molar-refractivity contribution in [2.45, 2.75) is 19.3 Å². The molecule has 11 rings (SSSR count). The van der Waals surface area contributed by atoms with Crippen molar-refractivity contribution in [3.05, 3.63) is 248 Å². The third kappa shape index (κ3) is 6.60. The van der Waals surface area contributed by atoms with Crippen LogP contribution in [-0.2, 0) is 5.41 Å². The van der Waals surface area contributed by atoms with Crippen molar-refractivity contribution in [3.8, 4) is 66.8 Å². The van der Waals surface area contributed by atoms with Crippen LogP contribution in [0.2, 0.25) is 0 Å². The molecule has 1 nitrogen and oxygen atoms in total. The first-order valence-corrected chi connectivity index (χ1v) is 21.3. The highest BCUT2D eigenvalue weighted by Crippen LogP contribution is 2.52. The summed E-state index contributed by atoms with van der Waals surface area (Å²) in [4.78, 5) is 1.88. The molecule has 1 aliphatic carbocycles. The van der Waals surface area contributed by atoms with E-state index in [-0.39, 0.29) is 40.8 Å². The van der Waals surface area contributed by atoms with Gasteiger partial charge in [-0.15, -0.1) is 0 Å². The number of fused-ring (bicyclic) bond motifs is 4. The molecule has 10 aromatic rings. The molecule has 0 saturated carbocycles. The Hall–Kier alpha value is -7.74. The zero-order chi connectivity index (χ0) is 45.1. The van der Waals surface area contributed by atoms with Crippen molar-refractivity contribution in [2.24, 2.45) is 0 Å². The number of rotatable bonds is 8. The molecule has 10 aromatic carbocycles. The van der Waals surface area contributed by atoms with Crippen molar-refractivity contribution in [1.29, 1.82) is 0 Å². The molecule has 0 aromatic heterocycles. The van der Waals surface area contributed by atoms with Gasteiger partial charge in [0.05, 0.1) is 5.48 Å². The van der Waals surface area contributed by atoms with Crippen LogP contribution in [0.5, 0.6) is 0 Å². The second kappa shape index (κ2) is 15.4. The Labute approximate surface area is 370 Å². The van der Waals surface area contributed by atoms with Crippen LogP contribution in [-0.4, -0.2) is 0 Å². The number of anilines is 3. The van der Waals surface area contributed by atoms with E-state index in [0.29, 0.717) is 5.56 Å². The normalized spacial score (nSPS) is 13.4. The van der Waals surface area contributed by atoms with Gasteiger partial charge in [-0.05, 0) is 137 Å². The van der Waals surface area contributed by atoms with E-state index in [1.807, 2.05) is 89.8 Å². The monoisotopic (exact) mass is 795 g/mol. The molecule has 294 valence electrons. The van der Waals surface area contributed by atoms with Crippen LogP contribution in [0.1, 0.15) is 30.5 Å². The van der Waals surface area contributed by atoms with Crippen molar-refractivity contribution in [3.63, 3.8) is 0 Å². The molecule has 0 atom stereocenters. The first kappa shape index (κ1) is 33.0. The van der Waals surface area contributed by atoms with Gasteiger partial charge in [-0.3, -0.25) is 0 Å². The van der Waals surface area contributed by atoms with E-state index < -0.39 is 0 Å². The lowest BCUT2D eigenvalue weighted by Crippen LogP contribution is -2.16. The lowest BCUT2D eigenvalue weighted by atomic mass is 9.79. The topological polar surface area (TPSA) is 3.24 Å². The lowest BCUT2D eigenvalue weighted by Gasteiger charge is -2.27. The maximum atomic E-state index is 9.70. The Morgan fingerprint density at radius 3 is 1.56 bits per heavy atom. The van der Waals surface area contributed by atoms with Gasteiger partial charge in [-0.25, -0.2) is 0 Å². The average molecular weight is 796 g/mol. The van der Waals surface area contributed by atoms with Gasteiger partial charge in [0.25, 0.3) is 0 Å². The largest absolute Gasteiger partial charge is 0.311 e. The molecular formula is C61H45N. The van der Waals surface area contributed by atoms with Crippen LogP contribution in [0.4, 0.5) is 17.1 Å². The summed E-state index contributed by atoms with van der Waals surface area (Å²) in [6.07, 6.45) is 0. The predicted molar refractivity (Wildman–Crippen MR) is 263 cm³/mol. The Kier molecular flexibility index (Phi) is 8.19. The van der Waals surface area contributed by atoms with Gasteiger partial charge in [0.1, 0.15) is 0 Å². The van der Waals surface area contributed by atoms with E-state index in [1.165, 1.54) is 22.3 Å². The van der Waals surface area contributed by atoms with Gasteiger partial charge in [-0.2, -0.15) is 0 Å². The molecule has 1 heteroatoms. The highest BCUT2D eigenvalue weighted by molar-refractivity contribution is 5.97. The standard InChI is InChI=1S/C61H45N/c1-61(2)59-27-9-8-23-57(59)58-26-13-25-56(60(58)61)46-32-38-53(39-33-46)62(51-34-28-43(29-35-51)48-19-10-18-47(40-48)42-14-4-3-5-15-42)52-36-30-44(31-37-52)49-20-11-21-50(41-49)55-24-12-17-45-16-6-7-22-54(45)55/h3-41H,1-2H3/i30D,31D,36D,37D. The van der Waals surface area contributed by atoms with E-state index in [2.05, 4.69) is 141 Å². The average Bonchev–Trinajstić information content (AvgIpc) is 3.61. The summed E-state index contributed by atoms with van der Waals surface area (Å²) in [7, 11) is 0. The Morgan fingerprint density at radius 1 is 0.339 bits per heavy atom. The first-order valence-electron chi connectivity index (χ1n) is 23.3. The molecule has 62 heavy (non-hydrogen) atoms. The molecule has 0 amide bonds. The van der Waals surface area contributed by atoms with Crippen LogP contribution in [0.25, 0.3) is 77.5 Å². The molecule has 0 aliphatic heterocycles. The Morgan fingerprint density at radius 2 is 0.823 bits per heavy atom. The molecular weight excluding hydrogens is 747 g/mol. The lowest BCUT2D eigenvalue weighted by molar-refractivity contribution is 0.662. The SMILES string of the molecule is [2H]c1c([2H])c(N(c2ccc(-c3cccc(-c4ccccc4)c3)cc2)c2ccc(-c3cccc4c3C(C)(C)c3ccccc3-4)cc2)c([2H])c([2H])c1-c1cccc(-c2cccc3ccccc23)c1. The zero-order valence-corrected chi connectivity index (χ0v) is 34.7. The summed E-state index contributed by atoms with van der Waals surface area (Å²) in [5, 5.41) is 2.23. The summed E-state index contributed by atoms with van der Waals surface area (Å²) in [6.45, 7) is 4.59. The van der Waals surface area contributed by atoms with Gasteiger partial charge in [-0.1, -0.05) is 202 Å². The number of hydrogen-bond acceptors (Lipinski definition) is 1. The molecule has 0 unspecified atom stereocenters. The highest BCUT2D eigenvalue weighted by atomic mass is 15.1. The van der Waals surface area contributed by atoms with Gasteiger partial charge >= 0.3 is 0 Å². The molecule has 0 heterocycles. The smallest absolute Gasteiger partial charge is 0.0645 e. The third-order valence-corrected chi connectivity index (χ3v) is 12.5. The fraction of sp³-hybridized carbons (Fsp3) is 0.0492. The van der Waals surface area contributed by atoms with Crippen molar-refractivity contribution < 1.29 is 5.48 Å². The minimum Gasteiger partial charge on any atom is -0.311 e. The van der Waals surface area contributed by atoms with Crippen LogP contribution >= 0.6 is 0 Å². The number of benzene rings is 10. The molecule has 0 fully saturated rings. The summed E-state index contributed by atoms with van der Waals surface area (Å²) in [5.74, 6) is 0. The van der Waals surface area contributed by atoms with Gasteiger partial charge < -0.3 is 4.90 Å². The minimum absolute atomic E-state index is 0.0984. The zero-order valence-electron chi connectivity index (χ0n) is 38.7. The van der Waals surface area contributed by atoms with Crippen LogP contribution in [0.3, 0.4) is 0 Å². The van der Waals surface area contributed by atoms with E-state index in [9.17, 15) is 5.48 Å². The molecule has 0 bridgehead atoms. The molecule has 0 spiro atoms. The Bertz CT molecular complexity index is 3450. The third-order valence-electron chi connectivity index (χ3n) is 12.5. The maximum Gasteiger partial charge on any atom is 0.0645 e. The van der Waals surface area contributed by atoms with Crippen LogP contribution in [0.15, 0.2) is 236 Å². The first-order chi connectivity index (χ1) is 32.2. The summed E-state index contributed by atoms with van der Waals surface area (Å²) in [6, 6.07) is 72.3. The Balaban J connectivity index is 1.03. The minimum atomic E-state index is -0.193. The fourth-order valence-corrected chi connectivity index (χ4v) is 9.48. The number of hydrogen-bond donors (Lipinski definition) is 0. The fourth-order valence-electron chi connectivity index (χ4n) is 9.48. The van der Waals surface area contributed by atoms with Crippen molar-refractivity contribution in [2.75, 3.05) is 4.90 Å². The maximum absolute atomic E-state index is 9.70. The molecule has 1 aliphatic rings. The summed E-state index contributed by atoms with van der Waals surface area (Å²) < 4.78 is 38.5. The van der Waals surface area contributed by atoms with Crippen LogP contribution in [0, 0.1) is 0 Å². The van der Waals surface area contributed by atoms with E-state index in [1.54, 1.807) is 0 Å². The van der Waals surface area contributed by atoms with E-state index in [0.717, 1.165) is 66.7 Å². The second-order valence-corrected chi connectivity index (χ2v) is 16.6.